The molecule has 480 valence electrons. The Bertz CT molecular complexity index is 1940. The summed E-state index contributed by atoms with van der Waals surface area (Å²) in [5.41, 5.74) is 0. The quantitative estimate of drug-likeness (QED) is 0.0876. The first-order valence-corrected chi connectivity index (χ1v) is 34.2. The van der Waals surface area contributed by atoms with Crippen molar-refractivity contribution in [1.29, 1.82) is 0 Å². The second-order valence-corrected chi connectivity index (χ2v) is 25.3. The van der Waals surface area contributed by atoms with Crippen LogP contribution >= 0.6 is 47.0 Å². The Morgan fingerprint density at radius 2 is 0.583 bits per heavy atom. The number of carboxylic acid groups (broad SMARTS) is 2. The molecule has 2 aliphatic rings. The summed E-state index contributed by atoms with van der Waals surface area (Å²) in [6.45, 7) is 1.29. The predicted octanol–water partition coefficient (Wildman–Crippen LogP) is 9.18. The number of hydrogen-bond acceptors (Lipinski definition) is 24. The Hall–Kier alpha value is -4.43. The minimum Gasteiger partial charge on any atom is -0.481 e. The van der Waals surface area contributed by atoms with E-state index in [1.54, 1.807) is 0 Å². The average Bonchev–Trinajstić information content (AvgIpc) is 3.47. The van der Waals surface area contributed by atoms with Gasteiger partial charge in [0.25, 0.3) is 0 Å². The molecule has 26 heteroatoms. The summed E-state index contributed by atoms with van der Waals surface area (Å²) in [5.74, 6) is -7.57. The van der Waals surface area contributed by atoms with Gasteiger partial charge in [0, 0.05) is 5.75 Å². The van der Waals surface area contributed by atoms with E-state index in [9.17, 15) is 52.7 Å². The second kappa shape index (κ2) is 50.7. The van der Waals surface area contributed by atoms with Gasteiger partial charge in [0.2, 0.25) is 0 Å². The molecule has 0 spiro atoms. The fourth-order valence-corrected chi connectivity index (χ4v) is 12.0. The number of esters is 9. The molecule has 2 aliphatic heterocycles. The summed E-state index contributed by atoms with van der Waals surface area (Å²) >= 11 is 4.00. The lowest BCUT2D eigenvalue weighted by atomic mass is 10.1. The van der Waals surface area contributed by atoms with E-state index in [0.717, 1.165) is 138 Å². The maximum absolute atomic E-state index is 13.3. The maximum atomic E-state index is 13.3. The summed E-state index contributed by atoms with van der Waals surface area (Å²) in [6.07, 6.45) is 17.0. The minimum absolute atomic E-state index is 0.0423. The Morgan fingerprint density at radius 3 is 0.857 bits per heavy atom. The molecule has 0 bridgehead atoms. The van der Waals surface area contributed by atoms with Gasteiger partial charge in [-0.3, -0.25) is 52.7 Å². The number of carbonyl (C=O) groups is 11. The summed E-state index contributed by atoms with van der Waals surface area (Å²) in [4.78, 5) is 138. The lowest BCUT2D eigenvalue weighted by Gasteiger charge is -2.16. The molecule has 0 aromatic rings. The zero-order chi connectivity index (χ0) is 61.3. The van der Waals surface area contributed by atoms with Gasteiger partial charge in [-0.1, -0.05) is 103 Å². The van der Waals surface area contributed by atoms with Crippen LogP contribution in [0.25, 0.3) is 0 Å². The SMILES string of the molecule is O=C(O)CSC1CC(=O)OCCCCCCCCOC(=O)C(SCCC(=O)OCCCSC2CC(=O)OCCCCCCCCOC(=O)CC(SCC(=O)O)C(=O)OCCCCCCCCOC2=O)CC(=O)OCCCCCCCCOC1=O. The third-order valence-electron chi connectivity index (χ3n) is 13.0. The largest absolute Gasteiger partial charge is 0.481 e. The first-order chi connectivity index (χ1) is 40.6. The Balaban J connectivity index is 1.85. The number of ether oxygens (including phenoxy) is 9. The highest BCUT2D eigenvalue weighted by atomic mass is 32.2. The van der Waals surface area contributed by atoms with E-state index in [1.807, 2.05) is 0 Å². The van der Waals surface area contributed by atoms with Crippen LogP contribution in [0.15, 0.2) is 0 Å². The van der Waals surface area contributed by atoms with Crippen LogP contribution in [0.4, 0.5) is 0 Å². The zero-order valence-corrected chi connectivity index (χ0v) is 52.2. The minimum atomic E-state index is -1.11. The van der Waals surface area contributed by atoms with Crippen molar-refractivity contribution in [2.75, 3.05) is 82.5 Å². The number of aliphatic carboxylic acids is 2. The molecule has 2 saturated heterocycles. The van der Waals surface area contributed by atoms with Crippen molar-refractivity contribution in [3.8, 4) is 0 Å². The second-order valence-electron chi connectivity index (χ2n) is 20.3. The van der Waals surface area contributed by atoms with Crippen molar-refractivity contribution in [2.24, 2.45) is 0 Å². The smallest absolute Gasteiger partial charge is 0.319 e. The van der Waals surface area contributed by atoms with Crippen molar-refractivity contribution in [2.45, 2.75) is 214 Å². The number of hydrogen-bond donors (Lipinski definition) is 2. The number of carboxylic acids is 2. The Kier molecular flexibility index (Phi) is 45.7. The van der Waals surface area contributed by atoms with Gasteiger partial charge < -0.3 is 52.8 Å². The van der Waals surface area contributed by atoms with Crippen LogP contribution in [-0.2, 0) is 95.4 Å². The molecule has 0 aromatic carbocycles. The molecule has 2 heterocycles. The first-order valence-electron chi connectivity index (χ1n) is 30.0. The van der Waals surface area contributed by atoms with E-state index >= 15 is 0 Å². The van der Waals surface area contributed by atoms with E-state index in [2.05, 4.69) is 0 Å². The fourth-order valence-electron chi connectivity index (χ4n) is 8.31. The zero-order valence-electron chi connectivity index (χ0n) is 48.9. The summed E-state index contributed by atoms with van der Waals surface area (Å²) < 4.78 is 48.9. The van der Waals surface area contributed by atoms with E-state index in [0.29, 0.717) is 63.5 Å². The molecule has 0 aliphatic carbocycles. The molecule has 0 amide bonds. The highest BCUT2D eigenvalue weighted by molar-refractivity contribution is 8.01. The Morgan fingerprint density at radius 1 is 0.345 bits per heavy atom. The number of cyclic esters (lactones) is 8. The van der Waals surface area contributed by atoms with Gasteiger partial charge in [-0.25, -0.2) is 0 Å². The summed E-state index contributed by atoms with van der Waals surface area (Å²) in [6, 6.07) is 0. The van der Waals surface area contributed by atoms with Crippen LogP contribution < -0.4 is 0 Å². The summed E-state index contributed by atoms with van der Waals surface area (Å²) in [5, 5.41) is 14.5. The molecule has 84 heavy (non-hydrogen) atoms. The van der Waals surface area contributed by atoms with Gasteiger partial charge in [-0.2, -0.15) is 0 Å². The molecule has 2 fully saturated rings. The van der Waals surface area contributed by atoms with Crippen LogP contribution in [0.2, 0.25) is 0 Å². The van der Waals surface area contributed by atoms with Crippen LogP contribution in [-0.4, -0.2) is 179 Å². The van der Waals surface area contributed by atoms with Crippen LogP contribution in [0.3, 0.4) is 0 Å². The van der Waals surface area contributed by atoms with E-state index < -0.39 is 86.7 Å². The van der Waals surface area contributed by atoms with Crippen molar-refractivity contribution in [3.63, 3.8) is 0 Å². The molecule has 2 rings (SSSR count). The molecule has 0 aromatic heterocycles. The molecular formula is C58H92O22S4. The van der Waals surface area contributed by atoms with Crippen LogP contribution in [0, 0.1) is 0 Å². The van der Waals surface area contributed by atoms with Gasteiger partial charge in [0.15, 0.2) is 0 Å². The van der Waals surface area contributed by atoms with Gasteiger partial charge in [-0.15, -0.1) is 47.0 Å². The molecule has 4 unspecified atom stereocenters. The topological polar surface area (TPSA) is 311 Å². The number of thioether (sulfide) groups is 4. The number of carbonyl (C=O) groups excluding carboxylic acids is 9. The monoisotopic (exact) mass is 1270 g/mol. The van der Waals surface area contributed by atoms with Crippen molar-refractivity contribution in [1.82, 2.24) is 0 Å². The molecule has 0 radical (unpaired) electrons. The number of rotatable bonds is 15. The lowest BCUT2D eigenvalue weighted by Crippen LogP contribution is -2.26. The molecule has 0 saturated carbocycles. The Labute approximate surface area is 511 Å². The molecule has 4 atom stereocenters. The highest BCUT2D eigenvalue weighted by Gasteiger charge is 2.29. The fraction of sp³-hybridized carbons (Fsp3) is 0.810. The van der Waals surface area contributed by atoms with Gasteiger partial charge >= 0.3 is 65.7 Å². The highest BCUT2D eigenvalue weighted by Crippen LogP contribution is 2.24. The first kappa shape index (κ1) is 75.7. The maximum Gasteiger partial charge on any atom is 0.319 e. The lowest BCUT2D eigenvalue weighted by molar-refractivity contribution is -0.150. The third kappa shape index (κ3) is 42.4. The average molecular weight is 1270 g/mol. The van der Waals surface area contributed by atoms with Gasteiger partial charge in [0.1, 0.15) is 21.0 Å². The van der Waals surface area contributed by atoms with Crippen LogP contribution in [0.1, 0.15) is 193 Å². The van der Waals surface area contributed by atoms with Crippen molar-refractivity contribution in [3.05, 3.63) is 0 Å². The van der Waals surface area contributed by atoms with E-state index in [-0.39, 0.29) is 109 Å². The molecule has 2 N–H and O–H groups in total. The van der Waals surface area contributed by atoms with Gasteiger partial charge in [-0.05, 0) is 63.5 Å². The molecule has 22 nitrogen and oxygen atoms in total. The normalized spacial score (nSPS) is 23.0. The summed E-state index contributed by atoms with van der Waals surface area (Å²) in [7, 11) is 0. The third-order valence-corrected chi connectivity index (χ3v) is 17.8. The molecular weight excluding hydrogens is 1180 g/mol. The van der Waals surface area contributed by atoms with Crippen LogP contribution in [0.5, 0.6) is 0 Å². The van der Waals surface area contributed by atoms with Crippen molar-refractivity contribution >= 4 is 113 Å². The van der Waals surface area contributed by atoms with E-state index in [1.165, 1.54) is 11.8 Å². The predicted molar refractivity (Wildman–Crippen MR) is 317 cm³/mol. The standard InChI is InChI=1S/C58H92O22S4/c59-48(60)42-83-46-41-54(67)76-30-20-12-3-5-13-22-32-78-56(69)45(39-52(65)74-28-18-11-4-6-14-23-33-79-57(46)70)82-37-26-50(63)72-35-25-36-81-44-38-51(64)73-27-17-9-1-2-10-19-29-75-53(66)40-47(84-43-49(61)62)58(71)80-34-24-16-8-7-15-21-31-77-55(44)68/h44-47H,1-43H2,(H,59,60)(H,61,62). The van der Waals surface area contributed by atoms with Gasteiger partial charge in [0.05, 0.1) is 103 Å². The van der Waals surface area contributed by atoms with Crippen molar-refractivity contribution < 1.29 is 106 Å². The van der Waals surface area contributed by atoms with E-state index in [4.69, 9.17) is 52.8 Å².